The fourth-order valence-electron chi connectivity index (χ4n) is 3.61. The number of nitrogens with one attached hydrogen (secondary N) is 1. The summed E-state index contributed by atoms with van der Waals surface area (Å²) in [6.07, 6.45) is 3.94. The highest BCUT2D eigenvalue weighted by atomic mass is 16.5. The van der Waals surface area contributed by atoms with Gasteiger partial charge < -0.3 is 10.1 Å². The van der Waals surface area contributed by atoms with Gasteiger partial charge in [-0.05, 0) is 38.1 Å². The lowest BCUT2D eigenvalue weighted by molar-refractivity contribution is -0.126. The maximum Gasteiger partial charge on any atom is 0.226 e. The molecule has 1 aromatic rings. The van der Waals surface area contributed by atoms with E-state index in [1.807, 2.05) is 18.3 Å². The van der Waals surface area contributed by atoms with Gasteiger partial charge >= 0.3 is 0 Å². The van der Waals surface area contributed by atoms with Crippen molar-refractivity contribution in [1.82, 2.24) is 15.2 Å². The SMILES string of the molecule is COC[C@H]1C(=O)NCC12CCN(Cc1ccccn1)CC2. The molecule has 2 fully saturated rings. The maximum absolute atomic E-state index is 12.0. The molecule has 3 rings (SSSR count). The Balaban J connectivity index is 1.60. The minimum Gasteiger partial charge on any atom is -0.384 e. The number of carbonyl (C=O) groups excluding carboxylic acids is 1. The number of rotatable bonds is 4. The standard InChI is InChI=1S/C16H23N3O2/c1-21-11-14-15(20)18-12-16(14)5-8-19(9-6-16)10-13-4-2-3-7-17-13/h2-4,7,14H,5-6,8-12H2,1H3,(H,18,20)/t14-/m0/s1. The van der Waals surface area contributed by atoms with Crippen molar-refractivity contribution in [3.8, 4) is 0 Å². The Labute approximate surface area is 125 Å². The summed E-state index contributed by atoms with van der Waals surface area (Å²) in [7, 11) is 1.68. The molecule has 21 heavy (non-hydrogen) atoms. The highest BCUT2D eigenvalue weighted by Gasteiger charge is 2.49. The van der Waals surface area contributed by atoms with E-state index in [0.717, 1.165) is 44.7 Å². The van der Waals surface area contributed by atoms with Crippen molar-refractivity contribution >= 4 is 5.91 Å². The van der Waals surface area contributed by atoms with Crippen LogP contribution in [0.3, 0.4) is 0 Å². The summed E-state index contributed by atoms with van der Waals surface area (Å²) in [5.41, 5.74) is 1.20. The number of aromatic nitrogens is 1. The van der Waals surface area contributed by atoms with Gasteiger partial charge in [-0.1, -0.05) is 6.07 Å². The van der Waals surface area contributed by atoms with Gasteiger partial charge in [-0.3, -0.25) is 14.7 Å². The van der Waals surface area contributed by atoms with E-state index in [9.17, 15) is 4.79 Å². The van der Waals surface area contributed by atoms with Crippen LogP contribution < -0.4 is 5.32 Å². The van der Waals surface area contributed by atoms with Gasteiger partial charge in [0.25, 0.3) is 0 Å². The van der Waals surface area contributed by atoms with Crippen LogP contribution in [0.15, 0.2) is 24.4 Å². The highest BCUT2D eigenvalue weighted by molar-refractivity contribution is 5.82. The molecule has 1 aromatic heterocycles. The van der Waals surface area contributed by atoms with Crippen LogP contribution in [-0.2, 0) is 16.1 Å². The Hall–Kier alpha value is -1.46. The molecule has 1 atom stereocenters. The molecule has 3 heterocycles. The van der Waals surface area contributed by atoms with Crippen molar-refractivity contribution in [3.05, 3.63) is 30.1 Å². The molecule has 1 amide bonds. The number of nitrogens with zero attached hydrogens (tertiary/aromatic N) is 2. The molecular formula is C16H23N3O2. The van der Waals surface area contributed by atoms with E-state index in [-0.39, 0.29) is 17.2 Å². The molecule has 1 spiro atoms. The van der Waals surface area contributed by atoms with Gasteiger partial charge in [0.1, 0.15) is 0 Å². The molecule has 2 saturated heterocycles. The molecule has 0 aromatic carbocycles. The second kappa shape index (κ2) is 6.12. The first kappa shape index (κ1) is 14.5. The predicted molar refractivity (Wildman–Crippen MR) is 79.6 cm³/mol. The number of piperidine rings is 1. The monoisotopic (exact) mass is 289 g/mol. The van der Waals surface area contributed by atoms with E-state index < -0.39 is 0 Å². The lowest BCUT2D eigenvalue weighted by Gasteiger charge is -2.41. The summed E-state index contributed by atoms with van der Waals surface area (Å²) in [6.45, 7) is 4.27. The zero-order chi connectivity index (χ0) is 14.7. The van der Waals surface area contributed by atoms with E-state index in [1.165, 1.54) is 0 Å². The van der Waals surface area contributed by atoms with Crippen LogP contribution in [0.25, 0.3) is 0 Å². The van der Waals surface area contributed by atoms with Crippen LogP contribution in [0.5, 0.6) is 0 Å². The lowest BCUT2D eigenvalue weighted by atomic mass is 9.71. The second-order valence-electron chi connectivity index (χ2n) is 6.19. The minimum atomic E-state index is 0.0134. The van der Waals surface area contributed by atoms with Crippen molar-refractivity contribution < 1.29 is 9.53 Å². The number of pyridine rings is 1. The fourth-order valence-corrected chi connectivity index (χ4v) is 3.61. The highest BCUT2D eigenvalue weighted by Crippen LogP contribution is 2.42. The molecule has 2 aliphatic rings. The number of hydrogen-bond donors (Lipinski definition) is 1. The summed E-state index contributed by atoms with van der Waals surface area (Å²) in [6, 6.07) is 6.04. The predicted octanol–water partition coefficient (Wildman–Crippen LogP) is 1.06. The molecule has 0 saturated carbocycles. The number of ether oxygens (including phenoxy) is 1. The van der Waals surface area contributed by atoms with Crippen LogP contribution in [0.4, 0.5) is 0 Å². The molecule has 0 aliphatic carbocycles. The topological polar surface area (TPSA) is 54.5 Å². The maximum atomic E-state index is 12.0. The minimum absolute atomic E-state index is 0.0134. The third kappa shape index (κ3) is 2.94. The normalized spacial score (nSPS) is 25.2. The van der Waals surface area contributed by atoms with Gasteiger partial charge in [-0.15, -0.1) is 0 Å². The molecule has 114 valence electrons. The largest absolute Gasteiger partial charge is 0.384 e. The van der Waals surface area contributed by atoms with Gasteiger partial charge in [-0.25, -0.2) is 0 Å². The Morgan fingerprint density at radius 2 is 2.24 bits per heavy atom. The summed E-state index contributed by atoms with van der Waals surface area (Å²) < 4.78 is 5.26. The van der Waals surface area contributed by atoms with Crippen LogP contribution in [0.2, 0.25) is 0 Å². The molecule has 2 aliphatic heterocycles. The first-order chi connectivity index (χ1) is 10.2. The zero-order valence-electron chi connectivity index (χ0n) is 12.5. The molecular weight excluding hydrogens is 266 g/mol. The number of carbonyl (C=O) groups is 1. The van der Waals surface area contributed by atoms with E-state index >= 15 is 0 Å². The van der Waals surface area contributed by atoms with Crippen molar-refractivity contribution in [2.45, 2.75) is 19.4 Å². The number of likely N-dealkylation sites (tertiary alicyclic amines) is 1. The Kier molecular flexibility index (Phi) is 4.22. The average molecular weight is 289 g/mol. The van der Waals surface area contributed by atoms with E-state index in [2.05, 4.69) is 21.3 Å². The Bertz CT molecular complexity index is 484. The molecule has 0 bridgehead atoms. The molecule has 0 unspecified atom stereocenters. The van der Waals surface area contributed by atoms with Crippen LogP contribution in [0, 0.1) is 11.3 Å². The van der Waals surface area contributed by atoms with Gasteiger partial charge in [0, 0.05) is 31.8 Å². The van der Waals surface area contributed by atoms with Crippen molar-refractivity contribution in [3.63, 3.8) is 0 Å². The summed E-state index contributed by atoms with van der Waals surface area (Å²) in [4.78, 5) is 18.8. The average Bonchev–Trinajstić information content (AvgIpc) is 2.81. The van der Waals surface area contributed by atoms with Crippen molar-refractivity contribution in [2.24, 2.45) is 11.3 Å². The van der Waals surface area contributed by atoms with Gasteiger partial charge in [0.05, 0.1) is 18.2 Å². The first-order valence-corrected chi connectivity index (χ1v) is 7.62. The summed E-state index contributed by atoms with van der Waals surface area (Å²) in [5, 5.41) is 3.03. The summed E-state index contributed by atoms with van der Waals surface area (Å²) >= 11 is 0. The van der Waals surface area contributed by atoms with Crippen molar-refractivity contribution in [1.29, 1.82) is 0 Å². The van der Waals surface area contributed by atoms with Crippen LogP contribution in [-0.4, -0.2) is 49.1 Å². The van der Waals surface area contributed by atoms with E-state index in [4.69, 9.17) is 4.74 Å². The lowest BCUT2D eigenvalue weighted by Crippen LogP contribution is -2.45. The van der Waals surface area contributed by atoms with Crippen LogP contribution in [0.1, 0.15) is 18.5 Å². The van der Waals surface area contributed by atoms with Gasteiger partial charge in [-0.2, -0.15) is 0 Å². The number of hydrogen-bond acceptors (Lipinski definition) is 4. The van der Waals surface area contributed by atoms with Crippen LogP contribution >= 0.6 is 0 Å². The molecule has 5 nitrogen and oxygen atoms in total. The number of amides is 1. The molecule has 1 N–H and O–H groups in total. The fraction of sp³-hybridized carbons (Fsp3) is 0.625. The van der Waals surface area contributed by atoms with Gasteiger partial charge in [0.2, 0.25) is 5.91 Å². The third-order valence-electron chi connectivity index (χ3n) is 4.97. The zero-order valence-corrected chi connectivity index (χ0v) is 12.5. The Morgan fingerprint density at radius 1 is 1.43 bits per heavy atom. The van der Waals surface area contributed by atoms with E-state index in [1.54, 1.807) is 7.11 Å². The molecule has 0 radical (unpaired) electrons. The second-order valence-corrected chi connectivity index (χ2v) is 6.19. The quantitative estimate of drug-likeness (QED) is 0.900. The number of methoxy groups -OCH3 is 1. The third-order valence-corrected chi connectivity index (χ3v) is 4.97. The summed E-state index contributed by atoms with van der Waals surface area (Å²) in [5.74, 6) is 0.175. The van der Waals surface area contributed by atoms with E-state index in [0.29, 0.717) is 6.61 Å². The van der Waals surface area contributed by atoms with Gasteiger partial charge in [0.15, 0.2) is 0 Å². The smallest absolute Gasteiger partial charge is 0.226 e. The molecule has 5 heteroatoms. The Morgan fingerprint density at radius 3 is 2.90 bits per heavy atom. The first-order valence-electron chi connectivity index (χ1n) is 7.62. The van der Waals surface area contributed by atoms with Crippen molar-refractivity contribution in [2.75, 3.05) is 33.4 Å².